The molecule has 2 heterocycles. The van der Waals surface area contributed by atoms with Gasteiger partial charge in [-0.1, -0.05) is 0 Å². The Morgan fingerprint density at radius 3 is 2.61 bits per heavy atom. The minimum absolute atomic E-state index is 0.0221. The third-order valence-electron chi connectivity index (χ3n) is 3.34. The van der Waals surface area contributed by atoms with Crippen LogP contribution in [-0.2, 0) is 20.7 Å². The van der Waals surface area contributed by atoms with Gasteiger partial charge in [-0.2, -0.15) is 0 Å². The van der Waals surface area contributed by atoms with Crippen molar-refractivity contribution in [2.24, 2.45) is 0 Å². The Bertz CT molecular complexity index is 368. The first kappa shape index (κ1) is 13.0. The minimum Gasteiger partial charge on any atom is -0.377 e. The molecule has 2 rings (SSSR count). The standard InChI is InChI=1S/C12H19N3O3/c1-17-10-6-15(7-11(10)18-2)12(16)4-3-9-5-13-8-14-9/h5,8,10-11H,3-4,6-7H2,1-2H3,(H,13,14)/t10-,11+. The summed E-state index contributed by atoms with van der Waals surface area (Å²) in [7, 11) is 3.30. The molecule has 0 radical (unpaired) electrons. The number of hydrogen-bond donors (Lipinski definition) is 1. The lowest BCUT2D eigenvalue weighted by Gasteiger charge is -2.15. The van der Waals surface area contributed by atoms with E-state index in [2.05, 4.69) is 9.97 Å². The van der Waals surface area contributed by atoms with Crippen molar-refractivity contribution in [3.8, 4) is 0 Å². The molecule has 6 heteroatoms. The Morgan fingerprint density at radius 2 is 2.11 bits per heavy atom. The maximum atomic E-state index is 12.0. The van der Waals surface area contributed by atoms with Crippen molar-refractivity contribution in [1.82, 2.24) is 14.9 Å². The van der Waals surface area contributed by atoms with Crippen molar-refractivity contribution in [2.45, 2.75) is 25.0 Å². The highest BCUT2D eigenvalue weighted by Gasteiger charge is 2.35. The van der Waals surface area contributed by atoms with Gasteiger partial charge in [0, 0.05) is 45.6 Å². The fourth-order valence-electron chi connectivity index (χ4n) is 2.22. The molecule has 1 amide bonds. The molecule has 0 bridgehead atoms. The molecule has 0 aromatic carbocycles. The zero-order valence-corrected chi connectivity index (χ0v) is 10.8. The lowest BCUT2D eigenvalue weighted by Crippen LogP contribution is -2.30. The number of imidazole rings is 1. The maximum Gasteiger partial charge on any atom is 0.223 e. The largest absolute Gasteiger partial charge is 0.377 e. The predicted molar refractivity (Wildman–Crippen MR) is 65.1 cm³/mol. The monoisotopic (exact) mass is 253 g/mol. The normalized spacial score (nSPS) is 23.6. The molecule has 0 aliphatic carbocycles. The number of nitrogens with one attached hydrogen (secondary N) is 1. The highest BCUT2D eigenvalue weighted by Crippen LogP contribution is 2.17. The number of carbonyl (C=O) groups is 1. The maximum absolute atomic E-state index is 12.0. The average molecular weight is 253 g/mol. The molecule has 1 saturated heterocycles. The van der Waals surface area contributed by atoms with Gasteiger partial charge in [-0.05, 0) is 6.42 Å². The van der Waals surface area contributed by atoms with Crippen molar-refractivity contribution in [3.63, 3.8) is 0 Å². The van der Waals surface area contributed by atoms with Crippen molar-refractivity contribution in [1.29, 1.82) is 0 Å². The summed E-state index contributed by atoms with van der Waals surface area (Å²) in [6.07, 6.45) is 4.49. The van der Waals surface area contributed by atoms with Crippen LogP contribution in [0.1, 0.15) is 12.1 Å². The van der Waals surface area contributed by atoms with Crippen molar-refractivity contribution >= 4 is 5.91 Å². The van der Waals surface area contributed by atoms with Gasteiger partial charge in [0.1, 0.15) is 12.2 Å². The Labute approximate surface area is 106 Å². The number of likely N-dealkylation sites (tertiary alicyclic amines) is 1. The number of nitrogens with zero attached hydrogens (tertiary/aromatic N) is 2. The Kier molecular flexibility index (Phi) is 4.33. The summed E-state index contributed by atoms with van der Waals surface area (Å²) in [6, 6.07) is 0. The predicted octanol–water partition coefficient (Wildman–Crippen LogP) is 0.214. The third-order valence-corrected chi connectivity index (χ3v) is 3.34. The number of rotatable bonds is 5. The molecule has 6 nitrogen and oxygen atoms in total. The van der Waals surface area contributed by atoms with Crippen LogP contribution in [0.2, 0.25) is 0 Å². The summed E-state index contributed by atoms with van der Waals surface area (Å²) >= 11 is 0. The first-order valence-corrected chi connectivity index (χ1v) is 6.05. The summed E-state index contributed by atoms with van der Waals surface area (Å²) in [5.74, 6) is 0.131. The molecule has 1 aromatic rings. The van der Waals surface area contributed by atoms with Crippen LogP contribution in [0.4, 0.5) is 0 Å². The second-order valence-corrected chi connectivity index (χ2v) is 4.42. The number of aromatic amines is 1. The smallest absolute Gasteiger partial charge is 0.223 e. The highest BCUT2D eigenvalue weighted by atomic mass is 16.5. The molecule has 1 N–H and O–H groups in total. The number of amides is 1. The molecule has 1 aromatic heterocycles. The van der Waals surface area contributed by atoms with Gasteiger partial charge in [0.05, 0.1) is 6.33 Å². The first-order valence-electron chi connectivity index (χ1n) is 6.05. The zero-order valence-electron chi connectivity index (χ0n) is 10.8. The molecule has 1 aliphatic rings. The van der Waals surface area contributed by atoms with E-state index in [1.807, 2.05) is 0 Å². The van der Waals surface area contributed by atoms with E-state index in [9.17, 15) is 4.79 Å². The lowest BCUT2D eigenvalue weighted by atomic mass is 10.2. The van der Waals surface area contributed by atoms with E-state index < -0.39 is 0 Å². The molecule has 100 valence electrons. The van der Waals surface area contributed by atoms with E-state index in [0.717, 1.165) is 5.69 Å². The van der Waals surface area contributed by atoms with Gasteiger partial charge in [-0.25, -0.2) is 4.98 Å². The van der Waals surface area contributed by atoms with Crippen LogP contribution in [0, 0.1) is 0 Å². The number of methoxy groups -OCH3 is 2. The van der Waals surface area contributed by atoms with Gasteiger partial charge in [-0.3, -0.25) is 4.79 Å². The Balaban J connectivity index is 1.83. The van der Waals surface area contributed by atoms with E-state index in [4.69, 9.17) is 9.47 Å². The van der Waals surface area contributed by atoms with E-state index in [-0.39, 0.29) is 18.1 Å². The highest BCUT2D eigenvalue weighted by molar-refractivity contribution is 5.76. The van der Waals surface area contributed by atoms with Gasteiger partial charge in [0.2, 0.25) is 5.91 Å². The minimum atomic E-state index is -0.0221. The van der Waals surface area contributed by atoms with Gasteiger partial charge >= 0.3 is 0 Å². The summed E-state index contributed by atoms with van der Waals surface area (Å²) < 4.78 is 10.6. The number of aromatic nitrogens is 2. The van der Waals surface area contributed by atoms with E-state index in [0.29, 0.717) is 25.9 Å². The zero-order chi connectivity index (χ0) is 13.0. The van der Waals surface area contributed by atoms with Gasteiger partial charge in [0.25, 0.3) is 0 Å². The Morgan fingerprint density at radius 1 is 1.44 bits per heavy atom. The summed E-state index contributed by atoms with van der Waals surface area (Å²) in [6.45, 7) is 1.22. The third kappa shape index (κ3) is 2.88. The second-order valence-electron chi connectivity index (χ2n) is 4.42. The molecule has 0 spiro atoms. The van der Waals surface area contributed by atoms with Crippen LogP contribution in [-0.4, -0.2) is 60.3 Å². The topological polar surface area (TPSA) is 67.5 Å². The van der Waals surface area contributed by atoms with Crippen LogP contribution in [0.15, 0.2) is 12.5 Å². The second kappa shape index (κ2) is 5.97. The van der Waals surface area contributed by atoms with E-state index in [1.54, 1.807) is 31.6 Å². The fraction of sp³-hybridized carbons (Fsp3) is 0.667. The van der Waals surface area contributed by atoms with Crippen molar-refractivity contribution in [3.05, 3.63) is 18.2 Å². The molecular formula is C12H19N3O3. The molecule has 0 unspecified atom stereocenters. The summed E-state index contributed by atoms with van der Waals surface area (Å²) in [5, 5.41) is 0. The number of aryl methyl sites for hydroxylation is 1. The molecule has 1 aliphatic heterocycles. The summed E-state index contributed by atoms with van der Waals surface area (Å²) in [4.78, 5) is 20.8. The number of H-pyrrole nitrogens is 1. The Hall–Kier alpha value is -1.40. The first-order chi connectivity index (χ1) is 8.74. The van der Waals surface area contributed by atoms with Gasteiger partial charge < -0.3 is 19.4 Å². The lowest BCUT2D eigenvalue weighted by molar-refractivity contribution is -0.130. The molecule has 1 fully saturated rings. The van der Waals surface area contributed by atoms with Crippen LogP contribution >= 0.6 is 0 Å². The van der Waals surface area contributed by atoms with Crippen LogP contribution < -0.4 is 0 Å². The van der Waals surface area contributed by atoms with Crippen molar-refractivity contribution < 1.29 is 14.3 Å². The van der Waals surface area contributed by atoms with Crippen molar-refractivity contribution in [2.75, 3.05) is 27.3 Å². The SMILES string of the molecule is CO[C@H]1CN(C(=O)CCc2cnc[nH]2)C[C@H]1OC. The number of carbonyl (C=O) groups excluding carboxylic acids is 1. The van der Waals surface area contributed by atoms with Crippen LogP contribution in [0.3, 0.4) is 0 Å². The van der Waals surface area contributed by atoms with Crippen LogP contribution in [0.5, 0.6) is 0 Å². The molecular weight excluding hydrogens is 234 g/mol. The average Bonchev–Trinajstić information content (AvgIpc) is 3.04. The summed E-state index contributed by atoms with van der Waals surface area (Å²) in [5.41, 5.74) is 0.981. The number of ether oxygens (including phenoxy) is 2. The van der Waals surface area contributed by atoms with Gasteiger partial charge in [0.15, 0.2) is 0 Å². The van der Waals surface area contributed by atoms with Crippen LogP contribution in [0.25, 0.3) is 0 Å². The van der Waals surface area contributed by atoms with E-state index >= 15 is 0 Å². The quantitative estimate of drug-likeness (QED) is 0.815. The molecule has 18 heavy (non-hydrogen) atoms. The fourth-order valence-corrected chi connectivity index (χ4v) is 2.22. The van der Waals surface area contributed by atoms with E-state index in [1.165, 1.54) is 0 Å². The van der Waals surface area contributed by atoms with Gasteiger partial charge in [-0.15, -0.1) is 0 Å². The molecule has 2 atom stereocenters. The molecule has 0 saturated carbocycles. The number of hydrogen-bond acceptors (Lipinski definition) is 4.